The molecule has 0 fully saturated rings. The summed E-state index contributed by atoms with van der Waals surface area (Å²) in [6.45, 7) is 6.22. The number of hydrogen-bond donors (Lipinski definition) is 2. The van der Waals surface area contributed by atoms with Gasteiger partial charge in [-0.2, -0.15) is 0 Å². The molecule has 8 heteroatoms. The summed E-state index contributed by atoms with van der Waals surface area (Å²) in [4.78, 5) is 23.4. The molecule has 7 nitrogen and oxygen atoms in total. The number of benzene rings is 2. The first-order chi connectivity index (χ1) is 14.8. The van der Waals surface area contributed by atoms with E-state index in [4.69, 9.17) is 25.8 Å². The first-order valence-electron chi connectivity index (χ1n) is 10.1. The van der Waals surface area contributed by atoms with Crippen LogP contribution in [0.1, 0.15) is 38.3 Å². The van der Waals surface area contributed by atoms with Gasteiger partial charge in [0.15, 0.2) is 6.10 Å². The number of rotatable bonds is 11. The lowest BCUT2D eigenvalue weighted by Crippen LogP contribution is -2.29. The van der Waals surface area contributed by atoms with Crippen LogP contribution < -0.4 is 10.1 Å². The molecule has 1 unspecified atom stereocenters. The predicted octanol–water partition coefficient (Wildman–Crippen LogP) is 5.30. The van der Waals surface area contributed by atoms with Gasteiger partial charge in [0.25, 0.3) is 0 Å². The highest BCUT2D eigenvalue weighted by molar-refractivity contribution is 6.31. The Morgan fingerprint density at radius 1 is 1.13 bits per heavy atom. The van der Waals surface area contributed by atoms with E-state index in [1.54, 1.807) is 56.3 Å². The summed E-state index contributed by atoms with van der Waals surface area (Å²) in [5, 5.41) is 12.4. The Morgan fingerprint density at radius 3 is 2.42 bits per heavy atom. The molecule has 0 aliphatic carbocycles. The highest BCUT2D eigenvalue weighted by Gasteiger charge is 2.20. The van der Waals surface area contributed by atoms with Crippen molar-refractivity contribution in [2.24, 2.45) is 0 Å². The second-order valence-electron chi connectivity index (χ2n) is 7.22. The van der Waals surface area contributed by atoms with E-state index in [-0.39, 0.29) is 19.1 Å². The zero-order valence-corrected chi connectivity index (χ0v) is 18.6. The second kappa shape index (κ2) is 12.2. The molecule has 31 heavy (non-hydrogen) atoms. The molecule has 2 aromatic rings. The Hall–Kier alpha value is -2.77. The number of nitrogens with one attached hydrogen (secondary N) is 1. The van der Waals surface area contributed by atoms with E-state index < -0.39 is 18.2 Å². The van der Waals surface area contributed by atoms with E-state index in [0.717, 1.165) is 12.0 Å². The zero-order chi connectivity index (χ0) is 22.8. The summed E-state index contributed by atoms with van der Waals surface area (Å²) in [5.41, 5.74) is 1.98. The topological polar surface area (TPSA) is 94.1 Å². The molecule has 0 saturated carbocycles. The summed E-state index contributed by atoms with van der Waals surface area (Å²) in [6, 6.07) is 12.1. The van der Waals surface area contributed by atoms with Crippen molar-refractivity contribution < 1.29 is 28.9 Å². The normalized spacial score (nSPS) is 11.8. The number of carboxylic acid groups (broad SMARTS) is 1. The molecular weight excluding hydrogens is 422 g/mol. The van der Waals surface area contributed by atoms with Gasteiger partial charge in [0.2, 0.25) is 0 Å². The largest absolute Gasteiger partial charge is 0.494 e. The summed E-state index contributed by atoms with van der Waals surface area (Å²) >= 11 is 6.22. The number of carboxylic acids is 1. The van der Waals surface area contributed by atoms with Crippen LogP contribution in [0.4, 0.5) is 10.5 Å². The summed E-state index contributed by atoms with van der Waals surface area (Å²) in [7, 11) is 0. The fourth-order valence-electron chi connectivity index (χ4n) is 2.71. The molecule has 1 amide bonds. The third-order valence-electron chi connectivity index (χ3n) is 4.19. The van der Waals surface area contributed by atoms with Gasteiger partial charge in [0, 0.05) is 17.7 Å². The minimum absolute atomic E-state index is 0.0175. The Morgan fingerprint density at radius 2 is 1.84 bits per heavy atom. The maximum Gasteiger partial charge on any atom is 0.411 e. The van der Waals surface area contributed by atoms with Crippen LogP contribution in [0.3, 0.4) is 0 Å². The predicted molar refractivity (Wildman–Crippen MR) is 119 cm³/mol. The van der Waals surface area contributed by atoms with E-state index in [2.05, 4.69) is 5.32 Å². The average Bonchev–Trinajstić information content (AvgIpc) is 2.72. The van der Waals surface area contributed by atoms with Crippen LogP contribution in [-0.4, -0.2) is 36.0 Å². The molecular formula is C23H28ClNO6. The van der Waals surface area contributed by atoms with Crippen molar-refractivity contribution in [1.82, 2.24) is 0 Å². The monoisotopic (exact) mass is 449 g/mol. The quantitative estimate of drug-likeness (QED) is 0.483. The molecule has 0 aliphatic heterocycles. The van der Waals surface area contributed by atoms with Crippen molar-refractivity contribution in [3.8, 4) is 5.75 Å². The van der Waals surface area contributed by atoms with Gasteiger partial charge >= 0.3 is 12.1 Å². The Labute approximate surface area is 187 Å². The van der Waals surface area contributed by atoms with Crippen molar-refractivity contribution in [2.75, 3.05) is 11.9 Å². The van der Waals surface area contributed by atoms with Gasteiger partial charge in [0.05, 0.1) is 17.7 Å². The minimum Gasteiger partial charge on any atom is -0.494 e. The lowest BCUT2D eigenvalue weighted by atomic mass is 10.1. The van der Waals surface area contributed by atoms with E-state index >= 15 is 0 Å². The molecule has 0 spiro atoms. The first kappa shape index (κ1) is 24.5. The van der Waals surface area contributed by atoms with Gasteiger partial charge in [-0.1, -0.05) is 36.7 Å². The minimum atomic E-state index is -1.01. The van der Waals surface area contributed by atoms with Crippen LogP contribution in [-0.2, 0) is 27.3 Å². The van der Waals surface area contributed by atoms with Crippen molar-refractivity contribution >= 4 is 29.4 Å². The van der Waals surface area contributed by atoms with Gasteiger partial charge in [-0.05, 0) is 50.1 Å². The number of aliphatic carboxylic acids is 1. The molecule has 1 atom stereocenters. The van der Waals surface area contributed by atoms with Crippen molar-refractivity contribution in [1.29, 1.82) is 0 Å². The summed E-state index contributed by atoms with van der Waals surface area (Å²) in [6.07, 6.45) is -0.608. The number of carbonyl (C=O) groups excluding carboxylic acids is 1. The molecule has 2 rings (SSSR count). The molecule has 2 N–H and O–H groups in total. The molecule has 0 aromatic heterocycles. The maximum atomic E-state index is 12.1. The lowest BCUT2D eigenvalue weighted by Gasteiger charge is -2.16. The number of carbonyl (C=O) groups is 2. The molecule has 168 valence electrons. The maximum absolute atomic E-state index is 12.1. The Balaban J connectivity index is 1.86. The van der Waals surface area contributed by atoms with Crippen molar-refractivity contribution in [3.05, 3.63) is 58.6 Å². The zero-order valence-electron chi connectivity index (χ0n) is 17.9. The first-order valence-corrected chi connectivity index (χ1v) is 10.5. The number of hydrogen-bond acceptors (Lipinski definition) is 5. The van der Waals surface area contributed by atoms with Crippen LogP contribution in [0.2, 0.25) is 5.02 Å². The molecule has 0 bridgehead atoms. The Bertz CT molecular complexity index is 869. The summed E-state index contributed by atoms with van der Waals surface area (Å²) in [5.74, 6) is -0.341. The van der Waals surface area contributed by atoms with Gasteiger partial charge in [-0.15, -0.1) is 0 Å². The van der Waals surface area contributed by atoms with E-state index in [1.807, 2.05) is 6.92 Å². The highest BCUT2D eigenvalue weighted by Crippen LogP contribution is 2.23. The smallest absolute Gasteiger partial charge is 0.411 e. The third kappa shape index (κ3) is 8.47. The molecule has 0 aliphatic rings. The van der Waals surface area contributed by atoms with E-state index in [0.29, 0.717) is 28.6 Å². The van der Waals surface area contributed by atoms with Crippen molar-refractivity contribution in [3.63, 3.8) is 0 Å². The highest BCUT2D eigenvalue weighted by atomic mass is 35.5. The third-order valence-corrected chi connectivity index (χ3v) is 4.54. The van der Waals surface area contributed by atoms with Gasteiger partial charge < -0.3 is 19.3 Å². The fourth-order valence-corrected chi connectivity index (χ4v) is 2.94. The number of anilines is 1. The summed E-state index contributed by atoms with van der Waals surface area (Å²) < 4.78 is 16.2. The molecule has 0 saturated heterocycles. The van der Waals surface area contributed by atoms with Crippen LogP contribution in [0, 0.1) is 0 Å². The van der Waals surface area contributed by atoms with E-state index in [9.17, 15) is 14.7 Å². The fraction of sp³-hybridized carbons (Fsp3) is 0.391. The van der Waals surface area contributed by atoms with Crippen molar-refractivity contribution in [2.45, 2.75) is 52.4 Å². The molecule has 0 heterocycles. The number of amides is 1. The second-order valence-corrected chi connectivity index (χ2v) is 7.62. The number of halogens is 1. The average molecular weight is 450 g/mol. The standard InChI is InChI=1S/C23H28ClNO6/c1-4-11-29-19-10-7-17(20(24)13-19)14-30-23(28)25-18-8-5-16(6-9-18)12-21(22(26)27)31-15(2)3/h5-10,13,15,21H,4,11-12,14H2,1-3H3,(H,25,28)(H,26,27). The van der Waals surface area contributed by atoms with Crippen LogP contribution >= 0.6 is 11.6 Å². The Kier molecular flexibility index (Phi) is 9.62. The lowest BCUT2D eigenvalue weighted by molar-refractivity contribution is -0.153. The van der Waals surface area contributed by atoms with Crippen LogP contribution in [0.5, 0.6) is 5.75 Å². The van der Waals surface area contributed by atoms with Gasteiger partial charge in [-0.25, -0.2) is 9.59 Å². The van der Waals surface area contributed by atoms with E-state index in [1.165, 1.54) is 0 Å². The van der Waals surface area contributed by atoms with Gasteiger partial charge in [-0.3, -0.25) is 5.32 Å². The van der Waals surface area contributed by atoms with Gasteiger partial charge in [0.1, 0.15) is 12.4 Å². The van der Waals surface area contributed by atoms with Crippen LogP contribution in [0.15, 0.2) is 42.5 Å². The molecule has 0 radical (unpaired) electrons. The van der Waals surface area contributed by atoms with Crippen LogP contribution in [0.25, 0.3) is 0 Å². The number of ether oxygens (including phenoxy) is 3. The SMILES string of the molecule is CCCOc1ccc(COC(=O)Nc2ccc(CC(OC(C)C)C(=O)O)cc2)c(Cl)c1. The molecule has 2 aromatic carbocycles.